The molecule has 0 radical (unpaired) electrons. The standard InChI is InChI=1S/C19H13BrFN3O2S/c20-12-3-1-11(2-4-12)9-16-18(26)24(14-7-5-13(21)6-8-14)19(27-16)15(10-22)17(23)25/h1-8,16H,9H2,(H2,23,25)/b19-15-/t16-/m1/s1. The summed E-state index contributed by atoms with van der Waals surface area (Å²) in [5, 5.41) is 8.97. The number of primary amides is 1. The molecule has 2 N–H and O–H groups in total. The predicted octanol–water partition coefficient (Wildman–Crippen LogP) is 3.50. The lowest BCUT2D eigenvalue weighted by Gasteiger charge is -2.18. The highest BCUT2D eigenvalue weighted by Gasteiger charge is 2.40. The summed E-state index contributed by atoms with van der Waals surface area (Å²) in [6, 6.07) is 14.6. The molecule has 1 aliphatic rings. The minimum atomic E-state index is -0.913. The minimum absolute atomic E-state index is 0.170. The maximum atomic E-state index is 13.3. The first kappa shape index (κ1) is 19.1. The fourth-order valence-electron chi connectivity index (χ4n) is 2.66. The van der Waals surface area contributed by atoms with Crippen molar-refractivity contribution in [3.8, 4) is 6.07 Å². The van der Waals surface area contributed by atoms with Gasteiger partial charge in [0.15, 0.2) is 0 Å². The van der Waals surface area contributed by atoms with E-state index in [2.05, 4.69) is 15.9 Å². The number of benzene rings is 2. The van der Waals surface area contributed by atoms with E-state index in [1.807, 2.05) is 24.3 Å². The van der Waals surface area contributed by atoms with Crippen LogP contribution in [-0.2, 0) is 16.0 Å². The fourth-order valence-corrected chi connectivity index (χ4v) is 4.24. The van der Waals surface area contributed by atoms with Crippen LogP contribution in [0.15, 0.2) is 63.6 Å². The summed E-state index contributed by atoms with van der Waals surface area (Å²) in [5.74, 6) is -1.66. The van der Waals surface area contributed by atoms with Gasteiger partial charge in [0.2, 0.25) is 5.91 Å². The molecule has 8 heteroatoms. The second kappa shape index (κ2) is 7.94. The van der Waals surface area contributed by atoms with Crippen LogP contribution >= 0.6 is 27.7 Å². The van der Waals surface area contributed by atoms with E-state index in [4.69, 9.17) is 5.73 Å². The number of amides is 2. The molecule has 0 aliphatic carbocycles. The van der Waals surface area contributed by atoms with Gasteiger partial charge in [0, 0.05) is 10.2 Å². The van der Waals surface area contributed by atoms with Crippen molar-refractivity contribution >= 4 is 45.2 Å². The highest BCUT2D eigenvalue weighted by atomic mass is 79.9. The van der Waals surface area contributed by atoms with Gasteiger partial charge in [0.25, 0.3) is 5.91 Å². The average molecular weight is 446 g/mol. The molecule has 0 spiro atoms. The molecule has 0 saturated carbocycles. The lowest BCUT2D eigenvalue weighted by Crippen LogP contribution is -2.31. The number of carbonyl (C=O) groups is 2. The van der Waals surface area contributed by atoms with Crippen LogP contribution in [0.4, 0.5) is 10.1 Å². The van der Waals surface area contributed by atoms with E-state index in [1.165, 1.54) is 29.2 Å². The topological polar surface area (TPSA) is 87.2 Å². The van der Waals surface area contributed by atoms with Gasteiger partial charge in [0.1, 0.15) is 22.5 Å². The van der Waals surface area contributed by atoms with E-state index < -0.39 is 17.0 Å². The Morgan fingerprint density at radius 1 is 1.22 bits per heavy atom. The molecule has 1 fully saturated rings. The maximum Gasteiger partial charge on any atom is 0.262 e. The molecule has 0 aromatic heterocycles. The summed E-state index contributed by atoms with van der Waals surface area (Å²) in [6.45, 7) is 0. The van der Waals surface area contributed by atoms with Gasteiger partial charge in [0.05, 0.1) is 5.25 Å². The van der Waals surface area contributed by atoms with Gasteiger partial charge < -0.3 is 5.73 Å². The molecule has 5 nitrogen and oxygen atoms in total. The van der Waals surface area contributed by atoms with Crippen LogP contribution in [0, 0.1) is 17.1 Å². The third-order valence-electron chi connectivity index (χ3n) is 3.94. The Hall–Kier alpha value is -2.63. The predicted molar refractivity (Wildman–Crippen MR) is 105 cm³/mol. The van der Waals surface area contributed by atoms with Crippen molar-refractivity contribution in [3.05, 3.63) is 75.0 Å². The number of rotatable bonds is 4. The summed E-state index contributed by atoms with van der Waals surface area (Å²) < 4.78 is 14.2. The number of nitrogens with zero attached hydrogens (tertiary/aromatic N) is 2. The van der Waals surface area contributed by atoms with Gasteiger partial charge in [-0.1, -0.05) is 39.8 Å². The Labute approximate surface area is 167 Å². The summed E-state index contributed by atoms with van der Waals surface area (Å²) in [6.07, 6.45) is 0.412. The van der Waals surface area contributed by atoms with Gasteiger partial charge in [-0.05, 0) is 48.4 Å². The van der Waals surface area contributed by atoms with Crippen molar-refractivity contribution < 1.29 is 14.0 Å². The van der Waals surface area contributed by atoms with Gasteiger partial charge in [-0.25, -0.2) is 4.39 Å². The van der Waals surface area contributed by atoms with Crippen molar-refractivity contribution in [2.45, 2.75) is 11.7 Å². The molecule has 1 heterocycles. The second-order valence-corrected chi connectivity index (χ2v) is 7.85. The minimum Gasteiger partial charge on any atom is -0.365 e. The van der Waals surface area contributed by atoms with Crippen molar-refractivity contribution in [2.75, 3.05) is 4.90 Å². The lowest BCUT2D eigenvalue weighted by molar-refractivity contribution is -0.117. The molecule has 1 atom stereocenters. The zero-order valence-electron chi connectivity index (χ0n) is 13.9. The smallest absolute Gasteiger partial charge is 0.262 e. The quantitative estimate of drug-likeness (QED) is 0.576. The molecule has 0 bridgehead atoms. The molecule has 2 aromatic carbocycles. The fraction of sp³-hybridized carbons (Fsp3) is 0.105. The molecular formula is C19H13BrFN3O2S. The zero-order chi connectivity index (χ0) is 19.6. The Balaban J connectivity index is 2.01. The van der Waals surface area contributed by atoms with Crippen LogP contribution < -0.4 is 10.6 Å². The summed E-state index contributed by atoms with van der Waals surface area (Å²) in [7, 11) is 0. The molecule has 27 heavy (non-hydrogen) atoms. The van der Waals surface area contributed by atoms with E-state index in [9.17, 15) is 19.2 Å². The Morgan fingerprint density at radius 3 is 2.41 bits per heavy atom. The number of thioether (sulfide) groups is 1. The molecule has 1 saturated heterocycles. The molecule has 3 rings (SSSR count). The first-order valence-corrected chi connectivity index (χ1v) is 9.53. The van der Waals surface area contributed by atoms with Crippen molar-refractivity contribution in [3.63, 3.8) is 0 Å². The van der Waals surface area contributed by atoms with E-state index >= 15 is 0 Å². The third kappa shape index (κ3) is 4.04. The van der Waals surface area contributed by atoms with Gasteiger partial charge in [-0.15, -0.1) is 0 Å². The monoisotopic (exact) mass is 445 g/mol. The molecule has 0 unspecified atom stereocenters. The van der Waals surface area contributed by atoms with Crippen LogP contribution in [0.2, 0.25) is 0 Å². The Morgan fingerprint density at radius 2 is 1.85 bits per heavy atom. The largest absolute Gasteiger partial charge is 0.365 e. The molecule has 1 aliphatic heterocycles. The van der Waals surface area contributed by atoms with E-state index in [-0.39, 0.29) is 16.5 Å². The molecule has 136 valence electrons. The van der Waals surface area contributed by atoms with Gasteiger partial charge in [-0.2, -0.15) is 5.26 Å². The average Bonchev–Trinajstić information content (AvgIpc) is 2.94. The first-order valence-electron chi connectivity index (χ1n) is 7.85. The number of nitrogens with two attached hydrogens (primary N) is 1. The summed E-state index contributed by atoms with van der Waals surface area (Å²) >= 11 is 4.48. The van der Waals surface area contributed by atoms with Crippen molar-refractivity contribution in [1.82, 2.24) is 0 Å². The zero-order valence-corrected chi connectivity index (χ0v) is 16.3. The number of anilines is 1. The summed E-state index contributed by atoms with van der Waals surface area (Å²) in [4.78, 5) is 26.0. The van der Waals surface area contributed by atoms with Crippen LogP contribution in [-0.4, -0.2) is 17.1 Å². The number of hydrogen-bond donors (Lipinski definition) is 1. The Bertz CT molecular complexity index is 968. The van der Waals surface area contributed by atoms with Crippen LogP contribution in [0.5, 0.6) is 0 Å². The van der Waals surface area contributed by atoms with Crippen molar-refractivity contribution in [2.24, 2.45) is 5.73 Å². The first-order chi connectivity index (χ1) is 12.9. The lowest BCUT2D eigenvalue weighted by atomic mass is 10.1. The molecule has 2 amide bonds. The highest BCUT2D eigenvalue weighted by molar-refractivity contribution is 9.10. The van der Waals surface area contributed by atoms with Crippen LogP contribution in [0.3, 0.4) is 0 Å². The highest BCUT2D eigenvalue weighted by Crippen LogP contribution is 2.41. The van der Waals surface area contributed by atoms with Gasteiger partial charge >= 0.3 is 0 Å². The Kier molecular flexibility index (Phi) is 5.63. The van der Waals surface area contributed by atoms with E-state index in [0.717, 1.165) is 21.8 Å². The SMILES string of the molecule is N#C/C(C(N)=O)=C1/S[C@H](Cc2ccc(Br)cc2)C(=O)N1c1ccc(F)cc1. The number of hydrogen-bond acceptors (Lipinski definition) is 4. The molecular weight excluding hydrogens is 433 g/mol. The van der Waals surface area contributed by atoms with Crippen LogP contribution in [0.1, 0.15) is 5.56 Å². The van der Waals surface area contributed by atoms with Crippen molar-refractivity contribution in [1.29, 1.82) is 5.26 Å². The normalized spacial score (nSPS) is 18.3. The third-order valence-corrected chi connectivity index (χ3v) is 5.74. The maximum absolute atomic E-state index is 13.3. The van der Waals surface area contributed by atoms with Crippen LogP contribution in [0.25, 0.3) is 0 Å². The second-order valence-electron chi connectivity index (χ2n) is 5.74. The number of nitriles is 1. The number of carbonyl (C=O) groups excluding carboxylic acids is 2. The molecule has 2 aromatic rings. The summed E-state index contributed by atoms with van der Waals surface area (Å²) in [5.41, 5.74) is 6.32. The van der Waals surface area contributed by atoms with E-state index in [0.29, 0.717) is 12.1 Å². The van der Waals surface area contributed by atoms with Gasteiger partial charge in [-0.3, -0.25) is 14.5 Å². The number of halogens is 2. The van der Waals surface area contributed by atoms with E-state index in [1.54, 1.807) is 6.07 Å².